The highest BCUT2D eigenvalue weighted by Crippen LogP contribution is 2.20. The largest absolute Gasteiger partial charge is 0.366 e. The third-order valence-corrected chi connectivity index (χ3v) is 6.95. The summed E-state index contributed by atoms with van der Waals surface area (Å²) in [5, 5.41) is 4.79. The minimum Gasteiger partial charge on any atom is -0.366 e. The van der Waals surface area contributed by atoms with Crippen molar-refractivity contribution in [2.75, 3.05) is 29.7 Å². The fourth-order valence-corrected chi connectivity index (χ4v) is 5.02. The predicted octanol–water partition coefficient (Wildman–Crippen LogP) is 2.78. The topological polar surface area (TPSA) is 101 Å². The fraction of sp³-hybridized carbons (Fsp3) is 0.238. The zero-order chi connectivity index (χ0) is 21.7. The lowest BCUT2D eigenvalue weighted by Crippen LogP contribution is -2.47. The number of ether oxygens (including phenoxy) is 1. The summed E-state index contributed by atoms with van der Waals surface area (Å²) < 4.78 is 32.9. The summed E-state index contributed by atoms with van der Waals surface area (Å²) in [5.74, 6) is -0.255. The van der Waals surface area contributed by atoms with E-state index in [0.29, 0.717) is 24.0 Å². The number of carbonyl (C=O) groups excluding carboxylic acids is 1. The van der Waals surface area contributed by atoms with Gasteiger partial charge in [0.15, 0.2) is 5.13 Å². The van der Waals surface area contributed by atoms with E-state index in [1.54, 1.807) is 17.5 Å². The molecule has 2 N–H and O–H groups in total. The van der Waals surface area contributed by atoms with Gasteiger partial charge >= 0.3 is 0 Å². The van der Waals surface area contributed by atoms with Gasteiger partial charge in [-0.3, -0.25) is 14.4 Å². The summed E-state index contributed by atoms with van der Waals surface area (Å²) in [4.78, 5) is 18.9. The van der Waals surface area contributed by atoms with Crippen molar-refractivity contribution >= 4 is 38.1 Å². The number of benzene rings is 2. The van der Waals surface area contributed by atoms with Crippen LogP contribution < -0.4 is 10.0 Å². The van der Waals surface area contributed by atoms with E-state index in [-0.39, 0.29) is 10.8 Å². The third kappa shape index (κ3) is 5.67. The van der Waals surface area contributed by atoms with Crippen molar-refractivity contribution in [3.8, 4) is 0 Å². The van der Waals surface area contributed by atoms with E-state index < -0.39 is 16.1 Å². The van der Waals surface area contributed by atoms with Crippen molar-refractivity contribution in [3.05, 3.63) is 71.7 Å². The van der Waals surface area contributed by atoms with Gasteiger partial charge in [0.1, 0.15) is 6.10 Å². The molecule has 3 aromatic rings. The van der Waals surface area contributed by atoms with Gasteiger partial charge in [0.2, 0.25) is 0 Å². The molecule has 0 bridgehead atoms. The summed E-state index contributed by atoms with van der Waals surface area (Å²) >= 11 is 1.20. The summed E-state index contributed by atoms with van der Waals surface area (Å²) in [5.41, 5.74) is 1.69. The molecule has 162 valence electrons. The maximum Gasteiger partial charge on any atom is 0.263 e. The van der Waals surface area contributed by atoms with Crippen LogP contribution in [-0.4, -0.2) is 50.0 Å². The highest BCUT2D eigenvalue weighted by Gasteiger charge is 2.27. The van der Waals surface area contributed by atoms with Gasteiger partial charge < -0.3 is 10.1 Å². The number of nitrogens with zero attached hydrogens (tertiary/aromatic N) is 2. The monoisotopic (exact) mass is 458 g/mol. The van der Waals surface area contributed by atoms with E-state index in [4.69, 9.17) is 4.74 Å². The molecule has 0 aliphatic carbocycles. The number of aromatic nitrogens is 1. The number of sulfonamides is 1. The second kappa shape index (κ2) is 9.56. The maximum atomic E-state index is 12.7. The molecule has 0 radical (unpaired) electrons. The van der Waals surface area contributed by atoms with Gasteiger partial charge in [-0.25, -0.2) is 13.4 Å². The fourth-order valence-electron chi connectivity index (χ4n) is 3.23. The van der Waals surface area contributed by atoms with Crippen LogP contribution >= 0.6 is 11.3 Å². The zero-order valence-corrected chi connectivity index (χ0v) is 18.2. The van der Waals surface area contributed by atoms with E-state index in [1.807, 2.05) is 18.2 Å². The van der Waals surface area contributed by atoms with Crippen molar-refractivity contribution < 1.29 is 17.9 Å². The Morgan fingerprint density at radius 2 is 1.94 bits per heavy atom. The molecular formula is C21H22N4O4S2. The van der Waals surface area contributed by atoms with Crippen LogP contribution in [0.25, 0.3) is 0 Å². The van der Waals surface area contributed by atoms with Crippen molar-refractivity contribution in [1.29, 1.82) is 0 Å². The first-order valence-electron chi connectivity index (χ1n) is 9.71. The van der Waals surface area contributed by atoms with Crippen LogP contribution in [0.1, 0.15) is 5.56 Å². The lowest BCUT2D eigenvalue weighted by atomic mass is 10.2. The quantitative estimate of drug-likeness (QED) is 0.565. The van der Waals surface area contributed by atoms with E-state index in [0.717, 1.165) is 13.1 Å². The molecule has 0 spiro atoms. The Morgan fingerprint density at radius 3 is 2.65 bits per heavy atom. The van der Waals surface area contributed by atoms with Gasteiger partial charge in [-0.1, -0.05) is 30.3 Å². The highest BCUT2D eigenvalue weighted by atomic mass is 32.2. The molecule has 1 fully saturated rings. The van der Waals surface area contributed by atoms with Crippen LogP contribution in [0.15, 0.2) is 71.1 Å². The van der Waals surface area contributed by atoms with Crippen molar-refractivity contribution in [1.82, 2.24) is 9.88 Å². The standard InChI is InChI=1S/C21H22N4O4S2/c26-20(19-15-25(11-12-29-19)14-16-4-2-1-3-5-16)23-17-6-8-18(9-7-17)31(27,28)24-21-22-10-13-30-21/h1-10,13,19H,11-12,14-15H2,(H,22,24)(H,23,26). The Bertz CT molecular complexity index is 1100. The molecule has 31 heavy (non-hydrogen) atoms. The van der Waals surface area contributed by atoms with Crippen LogP contribution in [-0.2, 0) is 26.1 Å². The highest BCUT2D eigenvalue weighted by molar-refractivity contribution is 7.93. The Balaban J connectivity index is 1.35. The number of thiazole rings is 1. The third-order valence-electron chi connectivity index (χ3n) is 4.78. The van der Waals surface area contributed by atoms with Crippen LogP contribution in [0.4, 0.5) is 10.8 Å². The molecule has 1 atom stereocenters. The van der Waals surface area contributed by atoms with Gasteiger partial charge in [-0.2, -0.15) is 0 Å². The van der Waals surface area contributed by atoms with Crippen molar-refractivity contribution in [2.24, 2.45) is 0 Å². The number of amides is 1. The molecule has 1 aliphatic heterocycles. The van der Waals surface area contributed by atoms with Crippen LogP contribution in [0, 0.1) is 0 Å². The molecule has 0 saturated carbocycles. The Labute approximate surface area is 184 Å². The number of morpholine rings is 1. The van der Waals surface area contributed by atoms with Crippen LogP contribution in [0.3, 0.4) is 0 Å². The zero-order valence-electron chi connectivity index (χ0n) is 16.6. The second-order valence-electron chi connectivity index (χ2n) is 7.04. The van der Waals surface area contributed by atoms with Gasteiger partial charge in [0.05, 0.1) is 11.5 Å². The smallest absolute Gasteiger partial charge is 0.263 e. The Morgan fingerprint density at radius 1 is 1.16 bits per heavy atom. The molecule has 2 heterocycles. The number of rotatable bonds is 7. The Kier molecular flexibility index (Phi) is 6.62. The summed E-state index contributed by atoms with van der Waals surface area (Å²) in [6, 6.07) is 16.1. The van der Waals surface area contributed by atoms with Crippen LogP contribution in [0.5, 0.6) is 0 Å². The molecule has 8 nitrogen and oxygen atoms in total. The number of hydrogen-bond acceptors (Lipinski definition) is 7. The van der Waals surface area contributed by atoms with Crippen molar-refractivity contribution in [2.45, 2.75) is 17.5 Å². The van der Waals surface area contributed by atoms with Gasteiger partial charge in [0.25, 0.3) is 15.9 Å². The molecule has 1 amide bonds. The van der Waals surface area contributed by atoms with Gasteiger partial charge in [-0.05, 0) is 29.8 Å². The average molecular weight is 459 g/mol. The number of nitrogens with one attached hydrogen (secondary N) is 2. The van der Waals surface area contributed by atoms with E-state index in [9.17, 15) is 13.2 Å². The average Bonchev–Trinajstić information content (AvgIpc) is 3.27. The van der Waals surface area contributed by atoms with Crippen molar-refractivity contribution in [3.63, 3.8) is 0 Å². The molecular weight excluding hydrogens is 436 g/mol. The first-order chi connectivity index (χ1) is 15.0. The molecule has 1 unspecified atom stereocenters. The number of anilines is 2. The molecule has 1 aromatic heterocycles. The second-order valence-corrected chi connectivity index (χ2v) is 9.61. The normalized spacial score (nSPS) is 17.2. The molecule has 4 rings (SSSR count). The minimum atomic E-state index is -3.73. The predicted molar refractivity (Wildman–Crippen MR) is 119 cm³/mol. The first kappa shape index (κ1) is 21.4. The van der Waals surface area contributed by atoms with Gasteiger partial charge in [0, 0.05) is 36.9 Å². The number of carbonyl (C=O) groups is 1. The summed E-state index contributed by atoms with van der Waals surface area (Å²) in [7, 11) is -3.73. The summed E-state index contributed by atoms with van der Waals surface area (Å²) in [6.45, 7) is 2.49. The van der Waals surface area contributed by atoms with Crippen LogP contribution in [0.2, 0.25) is 0 Å². The summed E-state index contributed by atoms with van der Waals surface area (Å²) in [6.07, 6.45) is 0.933. The Hall–Kier alpha value is -2.79. The lowest BCUT2D eigenvalue weighted by molar-refractivity contribution is -0.133. The molecule has 1 aliphatic rings. The molecule has 10 heteroatoms. The first-order valence-corrected chi connectivity index (χ1v) is 12.1. The molecule has 1 saturated heterocycles. The lowest BCUT2D eigenvalue weighted by Gasteiger charge is -2.32. The maximum absolute atomic E-state index is 12.7. The van der Waals surface area contributed by atoms with E-state index >= 15 is 0 Å². The number of hydrogen-bond donors (Lipinski definition) is 2. The minimum absolute atomic E-state index is 0.0867. The molecule has 2 aromatic carbocycles. The SMILES string of the molecule is O=C(Nc1ccc(S(=O)(=O)Nc2nccs2)cc1)C1CN(Cc2ccccc2)CCO1. The van der Waals surface area contributed by atoms with Gasteiger partial charge in [-0.15, -0.1) is 11.3 Å². The van der Waals surface area contributed by atoms with E-state index in [1.165, 1.54) is 35.2 Å². The van der Waals surface area contributed by atoms with E-state index in [2.05, 4.69) is 32.1 Å².